The normalized spacial score (nSPS) is 15.8. The Morgan fingerprint density at radius 3 is 2.48 bits per heavy atom. The predicted molar refractivity (Wildman–Crippen MR) is 80.4 cm³/mol. The molecule has 0 bridgehead atoms. The molecule has 1 amide bonds. The van der Waals surface area contributed by atoms with Gasteiger partial charge in [-0.25, -0.2) is 0 Å². The van der Waals surface area contributed by atoms with Crippen molar-refractivity contribution in [3.05, 3.63) is 23.0 Å². The molecule has 1 atom stereocenters. The van der Waals surface area contributed by atoms with Crippen LogP contribution in [0.4, 0.5) is 0 Å². The van der Waals surface area contributed by atoms with Crippen LogP contribution in [0, 0.1) is 19.8 Å². The van der Waals surface area contributed by atoms with E-state index >= 15 is 0 Å². The van der Waals surface area contributed by atoms with Gasteiger partial charge in [-0.3, -0.25) is 9.59 Å². The number of nitrogens with zero attached hydrogens (tertiary/aromatic N) is 2. The van der Waals surface area contributed by atoms with Gasteiger partial charge in [0, 0.05) is 30.5 Å². The Labute approximate surface area is 125 Å². The van der Waals surface area contributed by atoms with Crippen LogP contribution in [0.15, 0.2) is 6.07 Å². The largest absolute Gasteiger partial charge is 0.481 e. The third-order valence-electron chi connectivity index (χ3n) is 4.26. The lowest BCUT2D eigenvalue weighted by molar-refractivity contribution is -0.141. The number of rotatable bonds is 6. The van der Waals surface area contributed by atoms with Crippen molar-refractivity contribution in [1.29, 1.82) is 0 Å². The average Bonchev–Trinajstić information content (AvgIpc) is 3.21. The van der Waals surface area contributed by atoms with Gasteiger partial charge in [-0.05, 0) is 39.7 Å². The average molecular weight is 292 g/mol. The Morgan fingerprint density at radius 2 is 2.05 bits per heavy atom. The van der Waals surface area contributed by atoms with Crippen molar-refractivity contribution in [2.75, 3.05) is 6.54 Å². The van der Waals surface area contributed by atoms with E-state index in [1.54, 1.807) is 11.8 Å². The van der Waals surface area contributed by atoms with Gasteiger partial charge in [0.15, 0.2) is 0 Å². The van der Waals surface area contributed by atoms with E-state index in [0.717, 1.165) is 30.8 Å². The molecule has 1 saturated carbocycles. The number of aliphatic carboxylic acids is 1. The number of amides is 1. The quantitative estimate of drug-likeness (QED) is 0.876. The molecule has 1 heterocycles. The lowest BCUT2D eigenvalue weighted by atomic mass is 10.1. The Bertz CT molecular complexity index is 558. The molecule has 1 aliphatic rings. The first-order chi connectivity index (χ1) is 9.86. The predicted octanol–water partition coefficient (Wildman–Crippen LogP) is 2.45. The van der Waals surface area contributed by atoms with E-state index in [-0.39, 0.29) is 18.5 Å². The second-order valence-electron chi connectivity index (χ2n) is 5.96. The number of aromatic nitrogens is 1. The number of hydrogen-bond donors (Lipinski definition) is 1. The minimum Gasteiger partial charge on any atom is -0.481 e. The zero-order valence-corrected chi connectivity index (χ0v) is 13.2. The highest BCUT2D eigenvalue weighted by Crippen LogP contribution is 2.30. The molecule has 1 N–H and O–H groups in total. The van der Waals surface area contributed by atoms with Crippen molar-refractivity contribution >= 4 is 11.9 Å². The maximum absolute atomic E-state index is 12.8. The molecular formula is C16H24N2O3. The maximum atomic E-state index is 12.8. The van der Waals surface area contributed by atoms with Crippen molar-refractivity contribution < 1.29 is 14.7 Å². The van der Waals surface area contributed by atoms with E-state index in [2.05, 4.69) is 11.5 Å². The van der Waals surface area contributed by atoms with Gasteiger partial charge < -0.3 is 14.6 Å². The van der Waals surface area contributed by atoms with Crippen LogP contribution in [0.3, 0.4) is 0 Å². The highest BCUT2D eigenvalue weighted by molar-refractivity contribution is 5.96. The van der Waals surface area contributed by atoms with E-state index in [0.29, 0.717) is 5.56 Å². The summed E-state index contributed by atoms with van der Waals surface area (Å²) in [5.74, 6) is -1.42. The maximum Gasteiger partial charge on any atom is 0.308 e. The Morgan fingerprint density at radius 1 is 1.43 bits per heavy atom. The summed E-state index contributed by atoms with van der Waals surface area (Å²) in [4.78, 5) is 25.6. The summed E-state index contributed by atoms with van der Waals surface area (Å²) in [5, 5.41) is 9.08. The Hall–Kier alpha value is -1.78. The number of aryl methyl sites for hydroxylation is 1. The molecule has 1 aromatic heterocycles. The summed E-state index contributed by atoms with van der Waals surface area (Å²) < 4.78 is 2.11. The van der Waals surface area contributed by atoms with Gasteiger partial charge >= 0.3 is 5.97 Å². The van der Waals surface area contributed by atoms with E-state index < -0.39 is 11.9 Å². The smallest absolute Gasteiger partial charge is 0.308 e. The molecule has 5 heteroatoms. The first kappa shape index (κ1) is 15.6. The van der Waals surface area contributed by atoms with E-state index in [1.807, 2.05) is 19.9 Å². The molecule has 1 fully saturated rings. The fraction of sp³-hybridized carbons (Fsp3) is 0.625. The van der Waals surface area contributed by atoms with Gasteiger partial charge in [-0.1, -0.05) is 6.92 Å². The van der Waals surface area contributed by atoms with Crippen LogP contribution in [0.5, 0.6) is 0 Å². The first-order valence-electron chi connectivity index (χ1n) is 7.57. The van der Waals surface area contributed by atoms with Crippen LogP contribution in [0.25, 0.3) is 0 Å². The van der Waals surface area contributed by atoms with Crippen LogP contribution in [-0.2, 0) is 11.3 Å². The molecule has 0 aromatic carbocycles. The Balaban J connectivity index is 2.25. The number of carbonyl (C=O) groups excluding carboxylic acids is 1. The third-order valence-corrected chi connectivity index (χ3v) is 4.26. The van der Waals surface area contributed by atoms with Crippen molar-refractivity contribution in [1.82, 2.24) is 9.47 Å². The summed E-state index contributed by atoms with van der Waals surface area (Å²) in [6, 6.07) is 2.13. The molecule has 0 spiro atoms. The summed E-state index contributed by atoms with van der Waals surface area (Å²) in [7, 11) is 0. The lowest BCUT2D eigenvalue weighted by Crippen LogP contribution is -2.38. The number of carbonyl (C=O) groups is 2. The summed E-state index contributed by atoms with van der Waals surface area (Å²) in [6.07, 6.45) is 1.95. The highest BCUT2D eigenvalue weighted by atomic mass is 16.4. The highest BCUT2D eigenvalue weighted by Gasteiger charge is 2.35. The van der Waals surface area contributed by atoms with E-state index in [4.69, 9.17) is 5.11 Å². The zero-order chi connectivity index (χ0) is 15.7. The lowest BCUT2D eigenvalue weighted by Gasteiger charge is -2.24. The molecular weight excluding hydrogens is 268 g/mol. The van der Waals surface area contributed by atoms with Gasteiger partial charge in [0.05, 0.1) is 11.5 Å². The zero-order valence-electron chi connectivity index (χ0n) is 13.2. The van der Waals surface area contributed by atoms with E-state index in [9.17, 15) is 9.59 Å². The molecule has 1 unspecified atom stereocenters. The third kappa shape index (κ3) is 3.12. The molecule has 2 rings (SSSR count). The van der Waals surface area contributed by atoms with Crippen molar-refractivity contribution in [2.24, 2.45) is 5.92 Å². The second-order valence-corrected chi connectivity index (χ2v) is 5.96. The fourth-order valence-electron chi connectivity index (χ4n) is 2.82. The Kier molecular flexibility index (Phi) is 4.40. The van der Waals surface area contributed by atoms with Crippen LogP contribution >= 0.6 is 0 Å². The monoisotopic (exact) mass is 292 g/mol. The number of hydrogen-bond acceptors (Lipinski definition) is 2. The number of carboxylic acids is 1. The molecule has 0 radical (unpaired) electrons. The minimum absolute atomic E-state index is 0.0293. The van der Waals surface area contributed by atoms with Crippen LogP contribution in [0.2, 0.25) is 0 Å². The molecule has 116 valence electrons. The van der Waals surface area contributed by atoms with Gasteiger partial charge in [0.25, 0.3) is 5.91 Å². The van der Waals surface area contributed by atoms with Crippen molar-refractivity contribution in [3.63, 3.8) is 0 Å². The van der Waals surface area contributed by atoms with Crippen LogP contribution in [-0.4, -0.2) is 39.0 Å². The summed E-state index contributed by atoms with van der Waals surface area (Å²) in [6.45, 7) is 8.78. The van der Waals surface area contributed by atoms with Crippen molar-refractivity contribution in [3.8, 4) is 0 Å². The van der Waals surface area contributed by atoms with Gasteiger partial charge in [0.1, 0.15) is 0 Å². The molecule has 1 aliphatic carbocycles. The summed E-state index contributed by atoms with van der Waals surface area (Å²) >= 11 is 0. The minimum atomic E-state index is -0.854. The van der Waals surface area contributed by atoms with Gasteiger partial charge in [-0.2, -0.15) is 0 Å². The van der Waals surface area contributed by atoms with Crippen LogP contribution < -0.4 is 0 Å². The van der Waals surface area contributed by atoms with Gasteiger partial charge in [-0.15, -0.1) is 0 Å². The topological polar surface area (TPSA) is 62.5 Å². The SMILES string of the molecule is CCn1c(C)cc(C(=O)N(CC(C)C(=O)O)C2CC2)c1C. The van der Waals surface area contributed by atoms with Crippen molar-refractivity contribution in [2.45, 2.75) is 53.1 Å². The fourth-order valence-corrected chi connectivity index (χ4v) is 2.82. The number of carboxylic acid groups (broad SMARTS) is 1. The van der Waals surface area contributed by atoms with Crippen LogP contribution in [0.1, 0.15) is 48.4 Å². The summed E-state index contributed by atoms with van der Waals surface area (Å²) in [5.41, 5.74) is 2.74. The van der Waals surface area contributed by atoms with E-state index in [1.165, 1.54) is 0 Å². The molecule has 1 aromatic rings. The first-order valence-corrected chi connectivity index (χ1v) is 7.57. The molecule has 0 aliphatic heterocycles. The standard InChI is InChI=1S/C16H24N2O3/c1-5-17-11(3)8-14(12(17)4)15(19)18(13-6-7-13)9-10(2)16(20)21/h8,10,13H,5-7,9H2,1-4H3,(H,20,21). The molecule has 21 heavy (non-hydrogen) atoms. The second kappa shape index (κ2) is 5.92. The molecule has 5 nitrogen and oxygen atoms in total. The molecule has 0 saturated heterocycles. The van der Waals surface area contributed by atoms with Gasteiger partial charge in [0.2, 0.25) is 0 Å².